The van der Waals surface area contributed by atoms with E-state index in [4.69, 9.17) is 9.84 Å². The summed E-state index contributed by atoms with van der Waals surface area (Å²) < 4.78 is 6.00. The molecule has 5 nitrogen and oxygen atoms in total. The van der Waals surface area contributed by atoms with Crippen molar-refractivity contribution in [2.45, 2.75) is 58.7 Å². The van der Waals surface area contributed by atoms with Gasteiger partial charge in [0.25, 0.3) is 0 Å². The molecule has 1 atom stereocenters. The van der Waals surface area contributed by atoms with Crippen LogP contribution in [-0.2, 0) is 30.9 Å². The van der Waals surface area contributed by atoms with Crippen LogP contribution in [0.5, 0.6) is 5.75 Å². The van der Waals surface area contributed by atoms with Crippen LogP contribution in [0, 0.1) is 6.92 Å². The highest BCUT2D eigenvalue weighted by Gasteiger charge is 2.20. The van der Waals surface area contributed by atoms with E-state index in [1.54, 1.807) is 0 Å². The maximum absolute atomic E-state index is 11.0. The monoisotopic (exact) mass is 450 g/mol. The predicted molar refractivity (Wildman–Crippen MR) is 127 cm³/mol. The minimum absolute atomic E-state index is 0.0398. The summed E-state index contributed by atoms with van der Waals surface area (Å²) >= 11 is 1.82. The molecule has 2 aromatic carbocycles. The van der Waals surface area contributed by atoms with Crippen molar-refractivity contribution in [3.05, 3.63) is 80.8 Å². The van der Waals surface area contributed by atoms with Gasteiger partial charge in [-0.3, -0.25) is 9.69 Å². The molecule has 0 fully saturated rings. The first-order chi connectivity index (χ1) is 15.5. The van der Waals surface area contributed by atoms with Crippen molar-refractivity contribution < 1.29 is 14.6 Å². The SMILES string of the molecule is CC[C@@H](CC(=O)O)c1ccc(OCc2cccc(CN3CCc4nc(C)sc4C3)c2)cc1. The molecule has 168 valence electrons. The average molecular weight is 451 g/mol. The fourth-order valence-corrected chi connectivity index (χ4v) is 5.33. The summed E-state index contributed by atoms with van der Waals surface area (Å²) in [5.41, 5.74) is 4.77. The third-order valence-corrected chi connectivity index (χ3v) is 6.98. The summed E-state index contributed by atoms with van der Waals surface area (Å²) in [7, 11) is 0. The van der Waals surface area contributed by atoms with E-state index in [-0.39, 0.29) is 12.3 Å². The fourth-order valence-electron chi connectivity index (χ4n) is 4.30. The van der Waals surface area contributed by atoms with Crippen LogP contribution in [-0.4, -0.2) is 27.5 Å². The van der Waals surface area contributed by atoms with E-state index in [2.05, 4.69) is 41.1 Å². The van der Waals surface area contributed by atoms with Crippen molar-refractivity contribution in [3.63, 3.8) is 0 Å². The Balaban J connectivity index is 1.33. The number of nitrogens with zero attached hydrogens (tertiary/aromatic N) is 2. The molecule has 1 aliphatic heterocycles. The zero-order valence-electron chi connectivity index (χ0n) is 18.7. The first-order valence-corrected chi connectivity index (χ1v) is 12.0. The fraction of sp³-hybridized carbons (Fsp3) is 0.385. The molecule has 0 aliphatic carbocycles. The van der Waals surface area contributed by atoms with Crippen LogP contribution in [0.2, 0.25) is 0 Å². The smallest absolute Gasteiger partial charge is 0.303 e. The Kier molecular flexibility index (Phi) is 7.22. The first-order valence-electron chi connectivity index (χ1n) is 11.2. The second-order valence-corrected chi connectivity index (χ2v) is 9.73. The van der Waals surface area contributed by atoms with Crippen molar-refractivity contribution in [2.24, 2.45) is 0 Å². The van der Waals surface area contributed by atoms with E-state index >= 15 is 0 Å². The molecule has 6 heteroatoms. The molecule has 2 heterocycles. The molecule has 1 N–H and O–H groups in total. The van der Waals surface area contributed by atoms with E-state index in [9.17, 15) is 4.79 Å². The normalized spacial score (nSPS) is 14.7. The second kappa shape index (κ2) is 10.3. The van der Waals surface area contributed by atoms with Gasteiger partial charge in [-0.15, -0.1) is 11.3 Å². The van der Waals surface area contributed by atoms with Crippen LogP contribution >= 0.6 is 11.3 Å². The first kappa shape index (κ1) is 22.5. The molecule has 0 saturated carbocycles. The molecule has 0 saturated heterocycles. The molecule has 3 aromatic rings. The van der Waals surface area contributed by atoms with Gasteiger partial charge in [0.2, 0.25) is 0 Å². The van der Waals surface area contributed by atoms with Crippen LogP contribution < -0.4 is 4.74 Å². The van der Waals surface area contributed by atoms with Crippen LogP contribution in [0.15, 0.2) is 48.5 Å². The Hall–Kier alpha value is -2.70. The van der Waals surface area contributed by atoms with Crippen molar-refractivity contribution in [1.29, 1.82) is 0 Å². The highest BCUT2D eigenvalue weighted by Crippen LogP contribution is 2.27. The summed E-state index contributed by atoms with van der Waals surface area (Å²) in [6, 6.07) is 16.4. The Labute approximate surface area is 193 Å². The van der Waals surface area contributed by atoms with Crippen LogP contribution in [0.4, 0.5) is 0 Å². The van der Waals surface area contributed by atoms with E-state index in [1.807, 2.05) is 42.5 Å². The van der Waals surface area contributed by atoms with Gasteiger partial charge in [-0.1, -0.05) is 43.3 Å². The Morgan fingerprint density at radius 2 is 2.00 bits per heavy atom. The molecule has 0 unspecified atom stereocenters. The average Bonchev–Trinajstić information content (AvgIpc) is 3.16. The van der Waals surface area contributed by atoms with Gasteiger partial charge in [-0.25, -0.2) is 4.98 Å². The van der Waals surface area contributed by atoms with Gasteiger partial charge in [0.15, 0.2) is 0 Å². The Morgan fingerprint density at radius 1 is 1.22 bits per heavy atom. The topological polar surface area (TPSA) is 62.7 Å². The zero-order chi connectivity index (χ0) is 22.5. The highest BCUT2D eigenvalue weighted by atomic mass is 32.1. The third-order valence-electron chi connectivity index (χ3n) is 5.99. The number of carboxylic acids is 1. The van der Waals surface area contributed by atoms with Crippen LogP contribution in [0.1, 0.15) is 58.0 Å². The van der Waals surface area contributed by atoms with Crippen molar-refractivity contribution in [3.8, 4) is 5.75 Å². The molecule has 0 radical (unpaired) electrons. The Morgan fingerprint density at radius 3 is 2.75 bits per heavy atom. The lowest BCUT2D eigenvalue weighted by Gasteiger charge is -2.26. The predicted octanol–water partition coefficient (Wildman–Crippen LogP) is 5.56. The molecular formula is C26H30N2O3S. The van der Waals surface area contributed by atoms with Gasteiger partial charge in [0, 0.05) is 30.9 Å². The maximum Gasteiger partial charge on any atom is 0.303 e. The Bertz CT molecular complexity index is 1060. The van der Waals surface area contributed by atoms with Crippen LogP contribution in [0.25, 0.3) is 0 Å². The summed E-state index contributed by atoms with van der Waals surface area (Å²) in [5, 5.41) is 10.2. The van der Waals surface area contributed by atoms with E-state index in [1.165, 1.54) is 16.1 Å². The largest absolute Gasteiger partial charge is 0.489 e. The lowest BCUT2D eigenvalue weighted by Crippen LogP contribution is -2.29. The van der Waals surface area contributed by atoms with Gasteiger partial charge in [0.1, 0.15) is 12.4 Å². The van der Waals surface area contributed by atoms with Gasteiger partial charge in [-0.2, -0.15) is 0 Å². The van der Waals surface area contributed by atoms with Gasteiger partial charge in [-0.05, 0) is 48.1 Å². The molecule has 1 aliphatic rings. The number of thiazole rings is 1. The standard InChI is InChI=1S/C26H30N2O3S/c1-3-21(14-26(29)30)22-7-9-23(10-8-22)31-17-20-6-4-5-19(13-20)15-28-12-11-24-25(16-28)32-18(2)27-24/h4-10,13,21H,3,11-12,14-17H2,1-2H3,(H,29,30)/t21-/m0/s1. The highest BCUT2D eigenvalue weighted by molar-refractivity contribution is 7.11. The third kappa shape index (κ3) is 5.75. The van der Waals surface area contributed by atoms with Gasteiger partial charge >= 0.3 is 5.97 Å². The number of rotatable bonds is 9. The molecule has 1 aromatic heterocycles. The number of aliphatic carboxylic acids is 1. The lowest BCUT2D eigenvalue weighted by atomic mass is 9.93. The number of hydrogen-bond donors (Lipinski definition) is 1. The number of hydrogen-bond acceptors (Lipinski definition) is 5. The zero-order valence-corrected chi connectivity index (χ0v) is 19.5. The number of benzene rings is 2. The summed E-state index contributed by atoms with van der Waals surface area (Å²) in [6.45, 7) is 7.58. The number of fused-ring (bicyclic) bond motifs is 1. The maximum atomic E-state index is 11.0. The van der Waals surface area contributed by atoms with Gasteiger partial charge < -0.3 is 9.84 Å². The van der Waals surface area contributed by atoms with Gasteiger partial charge in [0.05, 0.1) is 17.1 Å². The molecule has 0 spiro atoms. The minimum Gasteiger partial charge on any atom is -0.489 e. The number of aryl methyl sites for hydroxylation is 1. The summed E-state index contributed by atoms with van der Waals surface area (Å²) in [6.07, 6.45) is 1.99. The molecular weight excluding hydrogens is 420 g/mol. The summed E-state index contributed by atoms with van der Waals surface area (Å²) in [4.78, 5) is 19.6. The molecule has 0 amide bonds. The van der Waals surface area contributed by atoms with Crippen molar-refractivity contribution in [1.82, 2.24) is 9.88 Å². The minimum atomic E-state index is -0.760. The number of aromatic nitrogens is 1. The van der Waals surface area contributed by atoms with E-state index < -0.39 is 5.97 Å². The molecule has 0 bridgehead atoms. The summed E-state index contributed by atoms with van der Waals surface area (Å²) in [5.74, 6) is 0.0793. The molecule has 4 rings (SSSR count). The van der Waals surface area contributed by atoms with Crippen molar-refractivity contribution in [2.75, 3.05) is 6.54 Å². The van der Waals surface area contributed by atoms with Crippen molar-refractivity contribution >= 4 is 17.3 Å². The van der Waals surface area contributed by atoms with Crippen LogP contribution in [0.3, 0.4) is 0 Å². The number of carboxylic acid groups (broad SMARTS) is 1. The number of ether oxygens (including phenoxy) is 1. The quantitative estimate of drug-likeness (QED) is 0.463. The number of carbonyl (C=O) groups is 1. The lowest BCUT2D eigenvalue weighted by molar-refractivity contribution is -0.137. The second-order valence-electron chi connectivity index (χ2n) is 8.44. The van der Waals surface area contributed by atoms with E-state index in [0.717, 1.165) is 54.4 Å². The van der Waals surface area contributed by atoms with E-state index in [0.29, 0.717) is 6.61 Å². The molecule has 32 heavy (non-hydrogen) atoms.